The first-order valence-electron chi connectivity index (χ1n) is 7.98. The highest BCUT2D eigenvalue weighted by atomic mass is 16.5. The van der Waals surface area contributed by atoms with Gasteiger partial charge in [0.2, 0.25) is 0 Å². The fourth-order valence-corrected chi connectivity index (χ4v) is 2.72. The number of fused-ring (bicyclic) bond motifs is 1. The van der Waals surface area contributed by atoms with Crippen molar-refractivity contribution in [2.75, 3.05) is 13.7 Å². The highest BCUT2D eigenvalue weighted by Crippen LogP contribution is 2.29. The van der Waals surface area contributed by atoms with E-state index in [4.69, 9.17) is 13.9 Å². The Morgan fingerprint density at radius 3 is 2.44 bits per heavy atom. The Morgan fingerprint density at radius 1 is 1.12 bits per heavy atom. The van der Waals surface area contributed by atoms with Crippen molar-refractivity contribution in [3.8, 4) is 22.6 Å². The maximum absolute atomic E-state index is 12.5. The molecule has 0 saturated heterocycles. The summed E-state index contributed by atoms with van der Waals surface area (Å²) in [6, 6.07) is 12.9. The maximum atomic E-state index is 12.5. The van der Waals surface area contributed by atoms with Crippen molar-refractivity contribution in [3.05, 3.63) is 70.6 Å². The minimum Gasteiger partial charge on any atom is -0.497 e. The Balaban J connectivity index is 2.07. The summed E-state index contributed by atoms with van der Waals surface area (Å²) in [7, 11) is 1.61. The predicted octanol–water partition coefficient (Wildman–Crippen LogP) is 4.73. The summed E-state index contributed by atoms with van der Waals surface area (Å²) in [5, 5.41) is 0.882. The fourth-order valence-electron chi connectivity index (χ4n) is 2.72. The van der Waals surface area contributed by atoms with Gasteiger partial charge in [0.25, 0.3) is 0 Å². The Hall–Kier alpha value is -3.01. The number of methoxy groups -OCH3 is 1. The van der Waals surface area contributed by atoms with Crippen molar-refractivity contribution >= 4 is 11.0 Å². The normalized spacial score (nSPS) is 10.7. The van der Waals surface area contributed by atoms with Crippen molar-refractivity contribution in [1.29, 1.82) is 0 Å². The van der Waals surface area contributed by atoms with E-state index in [9.17, 15) is 4.79 Å². The van der Waals surface area contributed by atoms with Gasteiger partial charge < -0.3 is 13.9 Å². The first-order valence-corrected chi connectivity index (χ1v) is 7.98. The van der Waals surface area contributed by atoms with Crippen LogP contribution in [0.15, 0.2) is 63.8 Å². The Morgan fingerprint density at radius 2 is 1.80 bits per heavy atom. The average Bonchev–Trinajstić information content (AvgIpc) is 2.60. The summed E-state index contributed by atoms with van der Waals surface area (Å²) in [6.07, 6.45) is 0. The molecule has 0 aliphatic carbocycles. The van der Waals surface area contributed by atoms with Gasteiger partial charge in [0.1, 0.15) is 23.7 Å². The van der Waals surface area contributed by atoms with Crippen LogP contribution in [0.2, 0.25) is 0 Å². The molecule has 0 spiro atoms. The second kappa shape index (κ2) is 6.85. The molecular formula is C21H20O4. The molecule has 1 aromatic heterocycles. The summed E-state index contributed by atoms with van der Waals surface area (Å²) < 4.78 is 16.3. The zero-order chi connectivity index (χ0) is 18.0. The number of rotatable bonds is 5. The third kappa shape index (κ3) is 3.43. The number of benzene rings is 2. The van der Waals surface area contributed by atoms with Gasteiger partial charge in [0, 0.05) is 11.5 Å². The van der Waals surface area contributed by atoms with Gasteiger partial charge in [-0.3, -0.25) is 0 Å². The second-order valence-electron chi connectivity index (χ2n) is 6.02. The lowest BCUT2D eigenvalue weighted by Crippen LogP contribution is -2.06. The molecular weight excluding hydrogens is 316 g/mol. The summed E-state index contributed by atoms with van der Waals surface area (Å²) in [5.74, 6) is 1.39. The molecule has 0 N–H and O–H groups in total. The van der Waals surface area contributed by atoms with Crippen LogP contribution in [-0.2, 0) is 0 Å². The number of hydrogen-bond acceptors (Lipinski definition) is 4. The van der Waals surface area contributed by atoms with Crippen LogP contribution in [0.1, 0.15) is 12.5 Å². The first-order chi connectivity index (χ1) is 12.0. The lowest BCUT2D eigenvalue weighted by atomic mass is 9.99. The molecule has 4 heteroatoms. The molecule has 3 aromatic rings. The molecule has 0 fully saturated rings. The van der Waals surface area contributed by atoms with Crippen LogP contribution in [0, 0.1) is 6.92 Å². The van der Waals surface area contributed by atoms with Gasteiger partial charge in [-0.25, -0.2) is 4.79 Å². The average molecular weight is 336 g/mol. The van der Waals surface area contributed by atoms with Crippen LogP contribution in [-0.4, -0.2) is 13.7 Å². The van der Waals surface area contributed by atoms with Crippen LogP contribution in [0.25, 0.3) is 22.1 Å². The summed E-state index contributed by atoms with van der Waals surface area (Å²) in [4.78, 5) is 12.5. The van der Waals surface area contributed by atoms with Crippen LogP contribution < -0.4 is 15.1 Å². The lowest BCUT2D eigenvalue weighted by molar-refractivity contribution is 0.352. The molecule has 2 aromatic carbocycles. The topological polar surface area (TPSA) is 48.7 Å². The van der Waals surface area contributed by atoms with Gasteiger partial charge in [0.15, 0.2) is 0 Å². The third-order valence-electron chi connectivity index (χ3n) is 4.00. The quantitative estimate of drug-likeness (QED) is 0.499. The van der Waals surface area contributed by atoms with E-state index >= 15 is 0 Å². The molecule has 0 bridgehead atoms. The molecule has 25 heavy (non-hydrogen) atoms. The molecule has 0 radical (unpaired) electrons. The summed E-state index contributed by atoms with van der Waals surface area (Å²) >= 11 is 0. The van der Waals surface area contributed by atoms with Crippen molar-refractivity contribution in [2.24, 2.45) is 0 Å². The molecule has 0 saturated carbocycles. The van der Waals surface area contributed by atoms with E-state index < -0.39 is 0 Å². The molecule has 128 valence electrons. The number of aryl methyl sites for hydroxylation is 1. The monoisotopic (exact) mass is 336 g/mol. The number of ether oxygens (including phenoxy) is 2. The van der Waals surface area contributed by atoms with Gasteiger partial charge in [-0.15, -0.1) is 0 Å². The fraction of sp³-hybridized carbons (Fsp3) is 0.190. The standard InChI is InChI=1S/C21H20O4/c1-13(2)12-24-17-9-10-18-14(3)20(21(22)25-19(18)11-17)15-5-7-16(23-4)8-6-15/h5-11H,1,12H2,2-4H3. The highest BCUT2D eigenvalue weighted by Gasteiger charge is 2.14. The summed E-state index contributed by atoms with van der Waals surface area (Å²) in [5.41, 5.74) is 3.31. The van der Waals surface area contributed by atoms with Crippen LogP contribution in [0.5, 0.6) is 11.5 Å². The van der Waals surface area contributed by atoms with Crippen molar-refractivity contribution in [3.63, 3.8) is 0 Å². The van der Waals surface area contributed by atoms with Gasteiger partial charge in [0.05, 0.1) is 12.7 Å². The molecule has 0 aliphatic rings. The van der Waals surface area contributed by atoms with Crippen molar-refractivity contribution < 1.29 is 13.9 Å². The molecule has 3 rings (SSSR count). The van der Waals surface area contributed by atoms with E-state index in [1.54, 1.807) is 13.2 Å². The van der Waals surface area contributed by atoms with Crippen molar-refractivity contribution in [2.45, 2.75) is 13.8 Å². The van der Waals surface area contributed by atoms with Crippen molar-refractivity contribution in [1.82, 2.24) is 0 Å². The van der Waals surface area contributed by atoms with E-state index in [1.165, 1.54) is 0 Å². The van der Waals surface area contributed by atoms with Gasteiger partial charge >= 0.3 is 5.63 Å². The molecule has 4 nitrogen and oxygen atoms in total. The zero-order valence-electron chi connectivity index (χ0n) is 14.6. The minimum atomic E-state index is -0.368. The van der Waals surface area contributed by atoms with Gasteiger partial charge in [-0.1, -0.05) is 18.7 Å². The Labute approximate surface area is 146 Å². The molecule has 0 unspecified atom stereocenters. The summed E-state index contributed by atoms with van der Waals surface area (Å²) in [6.45, 7) is 8.06. The smallest absolute Gasteiger partial charge is 0.344 e. The maximum Gasteiger partial charge on any atom is 0.344 e. The largest absolute Gasteiger partial charge is 0.497 e. The molecule has 0 amide bonds. The van der Waals surface area contributed by atoms with Crippen LogP contribution in [0.3, 0.4) is 0 Å². The number of hydrogen-bond donors (Lipinski definition) is 0. The van der Waals surface area contributed by atoms with Gasteiger partial charge in [-0.2, -0.15) is 0 Å². The Kier molecular flexibility index (Phi) is 4.61. The third-order valence-corrected chi connectivity index (χ3v) is 4.00. The highest BCUT2D eigenvalue weighted by molar-refractivity contribution is 5.87. The van der Waals surface area contributed by atoms with Crippen LogP contribution in [0.4, 0.5) is 0 Å². The minimum absolute atomic E-state index is 0.368. The molecule has 1 heterocycles. The van der Waals surface area contributed by atoms with Gasteiger partial charge in [-0.05, 0) is 54.8 Å². The van der Waals surface area contributed by atoms with E-state index in [2.05, 4.69) is 6.58 Å². The van der Waals surface area contributed by atoms with E-state index in [1.807, 2.05) is 50.2 Å². The molecule has 0 aliphatic heterocycles. The Bertz CT molecular complexity index is 981. The first kappa shape index (κ1) is 16.8. The second-order valence-corrected chi connectivity index (χ2v) is 6.02. The van der Waals surface area contributed by atoms with E-state index in [0.29, 0.717) is 23.5 Å². The zero-order valence-corrected chi connectivity index (χ0v) is 14.6. The van der Waals surface area contributed by atoms with E-state index in [0.717, 1.165) is 27.8 Å². The lowest BCUT2D eigenvalue weighted by Gasteiger charge is -2.10. The van der Waals surface area contributed by atoms with E-state index in [-0.39, 0.29) is 5.63 Å². The SMILES string of the molecule is C=C(C)COc1ccc2c(C)c(-c3ccc(OC)cc3)c(=O)oc2c1. The molecule has 0 atom stereocenters. The van der Waals surface area contributed by atoms with Crippen LogP contribution >= 0.6 is 0 Å². The predicted molar refractivity (Wildman–Crippen MR) is 99.5 cm³/mol.